The third kappa shape index (κ3) is 4.85. The largest absolute Gasteiger partial charge is 0.349 e. The zero-order chi connectivity index (χ0) is 21.7. The topological polar surface area (TPSA) is 88.1 Å². The molecule has 0 saturated heterocycles. The summed E-state index contributed by atoms with van der Waals surface area (Å²) in [5, 5.41) is 8.38. The van der Waals surface area contributed by atoms with Crippen molar-refractivity contribution in [1.82, 2.24) is 19.9 Å². The lowest BCUT2D eigenvalue weighted by atomic mass is 9.98. The molecule has 0 fully saturated rings. The molecule has 0 radical (unpaired) electrons. The zero-order valence-electron chi connectivity index (χ0n) is 16.9. The van der Waals surface area contributed by atoms with Crippen LogP contribution in [0.2, 0.25) is 0 Å². The molecule has 1 unspecified atom stereocenters. The van der Waals surface area contributed by atoms with Gasteiger partial charge in [-0.1, -0.05) is 11.4 Å². The van der Waals surface area contributed by atoms with Crippen molar-refractivity contribution in [2.24, 2.45) is 0 Å². The number of amides is 2. The smallest absolute Gasteiger partial charge is 0.280 e. The molecule has 3 aromatic rings. The fourth-order valence-electron chi connectivity index (χ4n) is 2.82. The van der Waals surface area contributed by atoms with Gasteiger partial charge >= 0.3 is 0 Å². The minimum atomic E-state index is -1.02. The summed E-state index contributed by atoms with van der Waals surface area (Å²) in [6, 6.07) is 7.73. The van der Waals surface area contributed by atoms with Crippen LogP contribution in [0.1, 0.15) is 49.3 Å². The highest BCUT2D eigenvalue weighted by atomic mass is 32.1. The first-order chi connectivity index (χ1) is 14.3. The number of pyridine rings is 1. The van der Waals surface area contributed by atoms with Gasteiger partial charge in [-0.2, -0.15) is 0 Å². The maximum Gasteiger partial charge on any atom is 0.280 e. The molecule has 1 atom stereocenters. The summed E-state index contributed by atoms with van der Waals surface area (Å²) in [5.41, 5.74) is 0.545. The van der Waals surface area contributed by atoms with Crippen molar-refractivity contribution in [2.75, 3.05) is 4.90 Å². The fourth-order valence-corrected chi connectivity index (χ4v) is 3.25. The van der Waals surface area contributed by atoms with E-state index in [9.17, 15) is 14.0 Å². The number of hydrogen-bond acceptors (Lipinski definition) is 6. The predicted molar refractivity (Wildman–Crippen MR) is 113 cm³/mol. The molecular weight excluding hydrogens is 405 g/mol. The second-order valence-electron chi connectivity index (χ2n) is 7.35. The Morgan fingerprint density at radius 2 is 1.83 bits per heavy atom. The molecule has 2 amide bonds. The van der Waals surface area contributed by atoms with E-state index in [0.29, 0.717) is 17.7 Å². The summed E-state index contributed by atoms with van der Waals surface area (Å²) in [6.07, 6.45) is 3.80. The van der Waals surface area contributed by atoms with Crippen molar-refractivity contribution in [2.45, 2.75) is 38.8 Å². The Hall–Kier alpha value is -3.20. The maximum absolute atomic E-state index is 13.6. The van der Waals surface area contributed by atoms with Crippen LogP contribution in [0.25, 0.3) is 0 Å². The van der Waals surface area contributed by atoms with Crippen molar-refractivity contribution in [3.05, 3.63) is 71.2 Å². The van der Waals surface area contributed by atoms with E-state index in [4.69, 9.17) is 0 Å². The summed E-state index contributed by atoms with van der Waals surface area (Å²) in [5.74, 6) is -1.32. The molecule has 9 heteroatoms. The minimum absolute atomic E-state index is 0.103. The highest BCUT2D eigenvalue weighted by Crippen LogP contribution is 2.30. The van der Waals surface area contributed by atoms with Crippen LogP contribution in [0.3, 0.4) is 0 Å². The molecular formula is C21H22FN5O2S. The highest BCUT2D eigenvalue weighted by Gasteiger charge is 2.36. The number of carbonyl (C=O) groups is 2. The molecule has 30 heavy (non-hydrogen) atoms. The van der Waals surface area contributed by atoms with Gasteiger partial charge in [0.05, 0.1) is 0 Å². The molecule has 0 bridgehead atoms. The van der Waals surface area contributed by atoms with Crippen molar-refractivity contribution < 1.29 is 14.0 Å². The molecule has 2 aromatic heterocycles. The van der Waals surface area contributed by atoms with Crippen LogP contribution in [-0.2, 0) is 4.79 Å². The Kier molecular flexibility index (Phi) is 6.51. The van der Waals surface area contributed by atoms with E-state index in [0.717, 1.165) is 11.5 Å². The zero-order valence-corrected chi connectivity index (χ0v) is 17.7. The number of nitrogens with zero attached hydrogens (tertiary/aromatic N) is 4. The molecule has 3 rings (SSSR count). The summed E-state index contributed by atoms with van der Waals surface area (Å²) in [6.45, 7) is 5.78. The quantitative estimate of drug-likeness (QED) is 0.620. The van der Waals surface area contributed by atoms with Crippen LogP contribution in [0.15, 0.2) is 54.2 Å². The summed E-state index contributed by atoms with van der Waals surface area (Å²) in [4.78, 5) is 32.2. The van der Waals surface area contributed by atoms with E-state index in [1.165, 1.54) is 34.5 Å². The number of hydrogen-bond donors (Lipinski definition) is 1. The van der Waals surface area contributed by atoms with Crippen LogP contribution in [0, 0.1) is 5.82 Å². The number of nitrogens with one attached hydrogen (secondary N) is 1. The predicted octanol–water partition coefficient (Wildman–Crippen LogP) is 3.77. The lowest BCUT2D eigenvalue weighted by Crippen LogP contribution is -2.50. The molecule has 0 spiro atoms. The van der Waals surface area contributed by atoms with Gasteiger partial charge in [-0.3, -0.25) is 19.5 Å². The van der Waals surface area contributed by atoms with Gasteiger partial charge in [0.2, 0.25) is 5.91 Å². The number of anilines is 1. The maximum atomic E-state index is 13.6. The van der Waals surface area contributed by atoms with Crippen LogP contribution in [-0.4, -0.2) is 31.9 Å². The first kappa shape index (κ1) is 21.5. The van der Waals surface area contributed by atoms with E-state index >= 15 is 0 Å². The van der Waals surface area contributed by atoms with E-state index in [-0.39, 0.29) is 11.6 Å². The van der Waals surface area contributed by atoms with Gasteiger partial charge in [0.1, 0.15) is 11.9 Å². The van der Waals surface area contributed by atoms with E-state index in [2.05, 4.69) is 19.9 Å². The highest BCUT2D eigenvalue weighted by molar-refractivity contribution is 7.03. The number of aromatic nitrogens is 3. The molecule has 1 aromatic carbocycles. The third-order valence-corrected chi connectivity index (χ3v) is 5.28. The van der Waals surface area contributed by atoms with Crippen LogP contribution in [0.5, 0.6) is 0 Å². The van der Waals surface area contributed by atoms with E-state index < -0.39 is 23.3 Å². The fraction of sp³-hybridized carbons (Fsp3) is 0.286. The first-order valence-corrected chi connectivity index (χ1v) is 10.2. The van der Waals surface area contributed by atoms with Crippen LogP contribution >= 0.6 is 11.5 Å². The molecule has 2 heterocycles. The van der Waals surface area contributed by atoms with Gasteiger partial charge < -0.3 is 5.32 Å². The second kappa shape index (κ2) is 9.08. The van der Waals surface area contributed by atoms with Gasteiger partial charge in [-0.25, -0.2) is 4.39 Å². The molecule has 0 aliphatic heterocycles. The SMILES string of the molecule is CCC(C)(C)NC(=O)C(c1ccncc1)N(C(=O)c1csnn1)c1ccc(F)cc1. The minimum Gasteiger partial charge on any atom is -0.349 e. The first-order valence-electron chi connectivity index (χ1n) is 9.40. The molecule has 7 nitrogen and oxygen atoms in total. The summed E-state index contributed by atoms with van der Waals surface area (Å²) >= 11 is 1.03. The number of benzene rings is 1. The monoisotopic (exact) mass is 427 g/mol. The summed E-state index contributed by atoms with van der Waals surface area (Å²) in [7, 11) is 0. The van der Waals surface area contributed by atoms with Gasteiger partial charge in [-0.15, -0.1) is 5.10 Å². The van der Waals surface area contributed by atoms with Gasteiger partial charge in [0.15, 0.2) is 5.69 Å². The third-order valence-electron chi connectivity index (χ3n) is 4.78. The van der Waals surface area contributed by atoms with Gasteiger partial charge in [0, 0.05) is 29.0 Å². The van der Waals surface area contributed by atoms with Crippen molar-refractivity contribution >= 4 is 29.0 Å². The average molecular weight is 428 g/mol. The molecule has 0 saturated carbocycles. The van der Waals surface area contributed by atoms with Crippen molar-refractivity contribution in [3.63, 3.8) is 0 Å². The molecule has 0 aliphatic rings. The molecule has 156 valence electrons. The van der Waals surface area contributed by atoms with Gasteiger partial charge in [0.25, 0.3) is 5.91 Å². The van der Waals surface area contributed by atoms with Crippen molar-refractivity contribution in [1.29, 1.82) is 0 Å². The lowest BCUT2D eigenvalue weighted by Gasteiger charge is -2.34. The Balaban J connectivity index is 2.14. The Labute approximate surface area is 178 Å². The van der Waals surface area contributed by atoms with E-state index in [1.54, 1.807) is 24.5 Å². The Morgan fingerprint density at radius 3 is 2.40 bits per heavy atom. The number of carbonyl (C=O) groups excluding carboxylic acids is 2. The lowest BCUT2D eigenvalue weighted by molar-refractivity contribution is -0.124. The normalized spacial score (nSPS) is 12.3. The molecule has 1 N–H and O–H groups in total. The second-order valence-corrected chi connectivity index (χ2v) is 7.96. The van der Waals surface area contributed by atoms with E-state index in [1.807, 2.05) is 20.8 Å². The van der Waals surface area contributed by atoms with Crippen LogP contribution < -0.4 is 10.2 Å². The summed E-state index contributed by atoms with van der Waals surface area (Å²) < 4.78 is 17.3. The van der Waals surface area contributed by atoms with Gasteiger partial charge in [-0.05, 0) is 73.8 Å². The number of halogens is 1. The Morgan fingerprint density at radius 1 is 1.17 bits per heavy atom. The average Bonchev–Trinajstić information content (AvgIpc) is 3.27. The number of rotatable bonds is 7. The molecule has 0 aliphatic carbocycles. The standard InChI is InChI=1S/C21H22FN5O2S/c1-4-21(2,3)24-19(28)18(14-9-11-23-12-10-14)27(16-7-5-15(22)6-8-16)20(29)17-13-30-26-25-17/h5-13,18H,4H2,1-3H3,(H,24,28). The Bertz CT molecular complexity index is 994. The van der Waals surface area contributed by atoms with Crippen LogP contribution in [0.4, 0.5) is 10.1 Å². The van der Waals surface area contributed by atoms with Crippen molar-refractivity contribution in [3.8, 4) is 0 Å².